The van der Waals surface area contributed by atoms with Gasteiger partial charge in [-0.1, -0.05) is 0 Å². The van der Waals surface area contributed by atoms with Gasteiger partial charge < -0.3 is 16.8 Å². The molecule has 0 radical (unpaired) electrons. The standard InChI is InChI=1S/C9H12N4/c1-9(11)8-6(4-5-12-9)2-3-7(10)13-8/h2-5,12H,11H2,1H3,(H2,10,13). The number of pyridine rings is 1. The molecule has 0 amide bonds. The largest absolute Gasteiger partial charge is 0.384 e. The topological polar surface area (TPSA) is 77.0 Å². The maximum Gasteiger partial charge on any atom is 0.127 e. The van der Waals surface area contributed by atoms with E-state index < -0.39 is 5.66 Å². The van der Waals surface area contributed by atoms with E-state index in [4.69, 9.17) is 11.5 Å². The van der Waals surface area contributed by atoms with Crippen molar-refractivity contribution in [3.63, 3.8) is 0 Å². The molecule has 0 aromatic carbocycles. The summed E-state index contributed by atoms with van der Waals surface area (Å²) >= 11 is 0. The SMILES string of the molecule is CC1(N)NC=Cc2ccc(N)nc21. The summed E-state index contributed by atoms with van der Waals surface area (Å²) in [5.41, 5.74) is 12.7. The second-order valence-corrected chi connectivity index (χ2v) is 3.35. The van der Waals surface area contributed by atoms with Crippen LogP contribution in [0.2, 0.25) is 0 Å². The Morgan fingerprint density at radius 1 is 1.46 bits per heavy atom. The number of aromatic nitrogens is 1. The molecule has 1 atom stereocenters. The number of rotatable bonds is 0. The average molecular weight is 176 g/mol. The number of anilines is 1. The predicted molar refractivity (Wildman–Crippen MR) is 52.4 cm³/mol. The lowest BCUT2D eigenvalue weighted by atomic mass is 10.0. The van der Waals surface area contributed by atoms with Crippen molar-refractivity contribution in [1.82, 2.24) is 10.3 Å². The van der Waals surface area contributed by atoms with E-state index in [0.717, 1.165) is 11.3 Å². The minimum atomic E-state index is -0.626. The van der Waals surface area contributed by atoms with Crippen LogP contribution in [0.15, 0.2) is 18.3 Å². The molecule has 1 aliphatic rings. The second kappa shape index (κ2) is 2.47. The number of nitrogen functional groups attached to an aromatic ring is 1. The molecule has 2 heterocycles. The molecular formula is C9H12N4. The van der Waals surface area contributed by atoms with Gasteiger partial charge in [-0.15, -0.1) is 0 Å². The third kappa shape index (κ3) is 1.25. The van der Waals surface area contributed by atoms with Crippen LogP contribution in [0.25, 0.3) is 6.08 Å². The van der Waals surface area contributed by atoms with E-state index in [-0.39, 0.29) is 0 Å². The summed E-state index contributed by atoms with van der Waals surface area (Å²) in [5, 5.41) is 3.02. The van der Waals surface area contributed by atoms with E-state index in [0.29, 0.717) is 5.82 Å². The van der Waals surface area contributed by atoms with E-state index in [1.54, 1.807) is 6.07 Å². The molecule has 1 aromatic rings. The molecule has 1 aliphatic heterocycles. The van der Waals surface area contributed by atoms with Crippen molar-refractivity contribution in [3.8, 4) is 0 Å². The van der Waals surface area contributed by atoms with Gasteiger partial charge in [0.05, 0.1) is 5.69 Å². The fourth-order valence-corrected chi connectivity index (χ4v) is 1.41. The fourth-order valence-electron chi connectivity index (χ4n) is 1.41. The lowest BCUT2D eigenvalue weighted by Crippen LogP contribution is -2.47. The van der Waals surface area contributed by atoms with Gasteiger partial charge in [-0.2, -0.15) is 0 Å². The summed E-state index contributed by atoms with van der Waals surface area (Å²) in [4.78, 5) is 4.21. The molecule has 0 aliphatic carbocycles. The minimum Gasteiger partial charge on any atom is -0.384 e. The zero-order valence-corrected chi connectivity index (χ0v) is 7.41. The summed E-state index contributed by atoms with van der Waals surface area (Å²) in [6.45, 7) is 1.86. The van der Waals surface area contributed by atoms with Gasteiger partial charge in [-0.25, -0.2) is 4.98 Å². The Balaban J connectivity index is 2.62. The fraction of sp³-hybridized carbons (Fsp3) is 0.222. The molecule has 0 saturated heterocycles. The Morgan fingerprint density at radius 2 is 2.23 bits per heavy atom. The molecular weight excluding hydrogens is 164 g/mol. The quantitative estimate of drug-likeness (QED) is 0.533. The Kier molecular flexibility index (Phi) is 1.53. The summed E-state index contributed by atoms with van der Waals surface area (Å²) in [6, 6.07) is 3.69. The van der Waals surface area contributed by atoms with Gasteiger partial charge >= 0.3 is 0 Å². The van der Waals surface area contributed by atoms with Crippen LogP contribution in [0.3, 0.4) is 0 Å². The van der Waals surface area contributed by atoms with Gasteiger partial charge in [0.2, 0.25) is 0 Å². The van der Waals surface area contributed by atoms with Crippen molar-refractivity contribution in [2.75, 3.05) is 5.73 Å². The van der Waals surface area contributed by atoms with Crippen LogP contribution in [0.5, 0.6) is 0 Å². The third-order valence-electron chi connectivity index (χ3n) is 2.09. The van der Waals surface area contributed by atoms with Gasteiger partial charge in [-0.05, 0) is 31.3 Å². The highest BCUT2D eigenvalue weighted by atomic mass is 15.1. The number of nitrogens with two attached hydrogens (primary N) is 2. The van der Waals surface area contributed by atoms with Crippen LogP contribution < -0.4 is 16.8 Å². The number of nitrogens with one attached hydrogen (secondary N) is 1. The molecule has 5 N–H and O–H groups in total. The lowest BCUT2D eigenvalue weighted by Gasteiger charge is -2.29. The number of hydrogen-bond acceptors (Lipinski definition) is 4. The highest BCUT2D eigenvalue weighted by molar-refractivity contribution is 5.57. The van der Waals surface area contributed by atoms with E-state index in [1.165, 1.54) is 0 Å². The van der Waals surface area contributed by atoms with Gasteiger partial charge in [0.15, 0.2) is 0 Å². The van der Waals surface area contributed by atoms with Crippen molar-refractivity contribution in [2.24, 2.45) is 5.73 Å². The van der Waals surface area contributed by atoms with Crippen LogP contribution >= 0.6 is 0 Å². The summed E-state index contributed by atoms with van der Waals surface area (Å²) in [6.07, 6.45) is 3.75. The first-order valence-electron chi connectivity index (χ1n) is 4.10. The Labute approximate surface area is 76.6 Å². The number of fused-ring (bicyclic) bond motifs is 1. The van der Waals surface area contributed by atoms with E-state index in [1.807, 2.05) is 25.3 Å². The van der Waals surface area contributed by atoms with Gasteiger partial charge in [-0.3, -0.25) is 0 Å². The molecule has 0 fully saturated rings. The molecule has 1 aromatic heterocycles. The van der Waals surface area contributed by atoms with Crippen LogP contribution in [-0.4, -0.2) is 4.98 Å². The van der Waals surface area contributed by atoms with Crippen LogP contribution in [-0.2, 0) is 5.66 Å². The first-order chi connectivity index (χ1) is 6.09. The molecule has 68 valence electrons. The van der Waals surface area contributed by atoms with Gasteiger partial charge in [0, 0.05) is 5.56 Å². The highest BCUT2D eigenvalue weighted by Crippen LogP contribution is 2.23. The zero-order valence-electron chi connectivity index (χ0n) is 7.41. The molecule has 0 spiro atoms. The average Bonchev–Trinajstić information content (AvgIpc) is 2.06. The minimum absolute atomic E-state index is 0.493. The maximum absolute atomic E-state index is 5.98. The molecule has 0 saturated carbocycles. The Bertz CT molecular complexity index is 368. The lowest BCUT2D eigenvalue weighted by molar-refractivity contribution is 0.420. The first-order valence-corrected chi connectivity index (χ1v) is 4.10. The Morgan fingerprint density at radius 3 is 3.00 bits per heavy atom. The molecule has 2 rings (SSSR count). The summed E-state index contributed by atoms with van der Waals surface area (Å²) in [7, 11) is 0. The third-order valence-corrected chi connectivity index (χ3v) is 2.09. The van der Waals surface area contributed by atoms with E-state index in [2.05, 4.69) is 10.3 Å². The first kappa shape index (κ1) is 8.07. The molecule has 13 heavy (non-hydrogen) atoms. The molecule has 0 bridgehead atoms. The molecule has 4 heteroatoms. The van der Waals surface area contributed by atoms with Crippen molar-refractivity contribution < 1.29 is 0 Å². The van der Waals surface area contributed by atoms with Crippen molar-refractivity contribution in [3.05, 3.63) is 29.6 Å². The second-order valence-electron chi connectivity index (χ2n) is 3.35. The predicted octanol–water partition coefficient (Wildman–Crippen LogP) is 0.369. The van der Waals surface area contributed by atoms with Gasteiger partial charge in [0.1, 0.15) is 11.5 Å². The van der Waals surface area contributed by atoms with Crippen LogP contribution in [0.4, 0.5) is 5.82 Å². The van der Waals surface area contributed by atoms with Crippen molar-refractivity contribution in [1.29, 1.82) is 0 Å². The summed E-state index contributed by atoms with van der Waals surface area (Å²) < 4.78 is 0. The zero-order chi connectivity index (χ0) is 9.47. The van der Waals surface area contributed by atoms with Crippen LogP contribution in [0, 0.1) is 0 Å². The van der Waals surface area contributed by atoms with E-state index in [9.17, 15) is 0 Å². The monoisotopic (exact) mass is 176 g/mol. The Hall–Kier alpha value is -1.55. The van der Waals surface area contributed by atoms with Crippen molar-refractivity contribution >= 4 is 11.9 Å². The maximum atomic E-state index is 5.98. The normalized spacial score (nSPS) is 25.1. The molecule has 1 unspecified atom stereocenters. The van der Waals surface area contributed by atoms with Gasteiger partial charge in [0.25, 0.3) is 0 Å². The van der Waals surface area contributed by atoms with E-state index >= 15 is 0 Å². The van der Waals surface area contributed by atoms with Crippen LogP contribution in [0.1, 0.15) is 18.2 Å². The summed E-state index contributed by atoms with van der Waals surface area (Å²) in [5.74, 6) is 0.493. The number of hydrogen-bond donors (Lipinski definition) is 3. The van der Waals surface area contributed by atoms with Crippen molar-refractivity contribution in [2.45, 2.75) is 12.6 Å². The smallest absolute Gasteiger partial charge is 0.127 e. The molecule has 4 nitrogen and oxygen atoms in total. The number of nitrogens with zero attached hydrogens (tertiary/aromatic N) is 1. The highest BCUT2D eigenvalue weighted by Gasteiger charge is 2.26.